The van der Waals surface area contributed by atoms with Crippen molar-refractivity contribution in [2.24, 2.45) is 0 Å². The molecule has 0 spiro atoms. The molecule has 0 aromatic heterocycles. The van der Waals surface area contributed by atoms with Crippen LogP contribution in [-0.2, 0) is 22.9 Å². The van der Waals surface area contributed by atoms with Crippen LogP contribution >= 0.6 is 24.8 Å². The van der Waals surface area contributed by atoms with Gasteiger partial charge in [0.15, 0.2) is 0 Å². The van der Waals surface area contributed by atoms with Crippen molar-refractivity contribution >= 4 is 45.0 Å². The monoisotopic (exact) mass is 427 g/mol. The van der Waals surface area contributed by atoms with Crippen molar-refractivity contribution in [3.8, 4) is 0 Å². The second-order valence-electron chi connectivity index (χ2n) is 6.87. The summed E-state index contributed by atoms with van der Waals surface area (Å²) in [6, 6.07) is 13.2. The molecule has 0 aliphatic heterocycles. The number of nitrogens with zero attached hydrogens (tertiary/aromatic N) is 1. The molecule has 2 aromatic carbocycles. The zero-order valence-electron chi connectivity index (χ0n) is 15.8. The normalized spacial score (nSPS) is 13.3. The molecule has 0 N–H and O–H groups in total. The van der Waals surface area contributed by atoms with Crippen LogP contribution in [-0.4, -0.2) is 31.6 Å². The van der Waals surface area contributed by atoms with Crippen LogP contribution < -0.4 is 3.87 Å². The molecule has 3 rings (SSSR count). The fourth-order valence-corrected chi connectivity index (χ4v) is 4.70. The Labute approximate surface area is 178 Å². The minimum atomic E-state index is -0.615. The molecule has 2 aromatic rings. The molecule has 2 nitrogen and oxygen atoms in total. The Kier molecular flexibility index (Phi) is 9.61. The van der Waals surface area contributed by atoms with Crippen LogP contribution in [0, 0.1) is 0 Å². The predicted molar refractivity (Wildman–Crippen MR) is 114 cm³/mol. The van der Waals surface area contributed by atoms with Gasteiger partial charge in [-0.15, -0.1) is 24.8 Å². The standard InChI is InChI=1S/C18H18N.C3H7O.2ClH.Ti/c1-19(2)13-14-7-8-17(11-14)18-10-9-15-5-3-4-6-16(15)12-18;1-3(2)4;;;/h3-7,9-11H,8,13H2,1-2H3;3H,1-2H3;2*1H;/q;-1;;;+1. The SMILES string of the molecule is CC(C)[O][Ti][c]1c(C2=CC(CN(C)C)=CC2)ccc2ccccc12.Cl.Cl. The van der Waals surface area contributed by atoms with E-state index in [4.69, 9.17) is 3.32 Å². The number of halogens is 2. The van der Waals surface area contributed by atoms with Crippen molar-refractivity contribution in [1.29, 1.82) is 0 Å². The molecule has 0 saturated carbocycles. The first-order valence-electron chi connectivity index (χ1n) is 8.52. The summed E-state index contributed by atoms with van der Waals surface area (Å²) in [4.78, 5) is 2.22. The molecule has 1 aliphatic rings. The maximum atomic E-state index is 6.10. The fraction of sp³-hybridized carbons (Fsp3) is 0.333. The van der Waals surface area contributed by atoms with Gasteiger partial charge in [0.2, 0.25) is 0 Å². The van der Waals surface area contributed by atoms with Crippen molar-refractivity contribution in [1.82, 2.24) is 4.90 Å². The Balaban J connectivity index is 0.00000169. The summed E-state index contributed by atoms with van der Waals surface area (Å²) in [7, 11) is 4.24. The molecule has 0 amide bonds. The average Bonchev–Trinajstić information content (AvgIpc) is 2.99. The third kappa shape index (κ3) is 5.69. The average molecular weight is 428 g/mol. The van der Waals surface area contributed by atoms with E-state index in [0.29, 0.717) is 0 Å². The first-order valence-corrected chi connectivity index (χ1v) is 9.94. The third-order valence-corrected chi connectivity index (χ3v) is 6.19. The summed E-state index contributed by atoms with van der Waals surface area (Å²) in [6.07, 6.45) is 6.05. The van der Waals surface area contributed by atoms with Gasteiger partial charge in [0, 0.05) is 0 Å². The molecule has 26 heavy (non-hydrogen) atoms. The topological polar surface area (TPSA) is 12.5 Å². The Morgan fingerprint density at radius 2 is 1.81 bits per heavy atom. The van der Waals surface area contributed by atoms with Gasteiger partial charge in [0.05, 0.1) is 0 Å². The Hall–Kier alpha value is -0.606. The molecule has 0 unspecified atom stereocenters. The second-order valence-corrected chi connectivity index (χ2v) is 8.34. The minimum absolute atomic E-state index is 0. The van der Waals surface area contributed by atoms with Crippen LogP contribution in [0.2, 0.25) is 0 Å². The van der Waals surface area contributed by atoms with Crippen LogP contribution in [0.3, 0.4) is 0 Å². The van der Waals surface area contributed by atoms with Crippen molar-refractivity contribution in [3.05, 3.63) is 59.7 Å². The zero-order chi connectivity index (χ0) is 17.1. The summed E-state index contributed by atoms with van der Waals surface area (Å²) in [5, 5.41) is 2.67. The van der Waals surface area contributed by atoms with Gasteiger partial charge >= 0.3 is 155 Å². The molecule has 0 saturated heterocycles. The maximum Gasteiger partial charge on any atom is -0.147 e. The van der Waals surface area contributed by atoms with E-state index in [9.17, 15) is 0 Å². The van der Waals surface area contributed by atoms with E-state index in [2.05, 4.69) is 81.4 Å². The quantitative estimate of drug-likeness (QED) is 0.601. The van der Waals surface area contributed by atoms with Crippen LogP contribution in [0.1, 0.15) is 25.8 Å². The molecular weight excluding hydrogens is 401 g/mol. The molecule has 1 aliphatic carbocycles. The van der Waals surface area contributed by atoms with Gasteiger partial charge in [0.1, 0.15) is 0 Å². The van der Waals surface area contributed by atoms with Crippen molar-refractivity contribution in [2.45, 2.75) is 26.4 Å². The summed E-state index contributed by atoms with van der Waals surface area (Å²) in [5.74, 6) is 0. The zero-order valence-corrected chi connectivity index (χ0v) is 19.0. The summed E-state index contributed by atoms with van der Waals surface area (Å²) in [5.41, 5.74) is 4.24. The van der Waals surface area contributed by atoms with E-state index in [0.717, 1.165) is 13.0 Å². The molecule has 0 fully saturated rings. The van der Waals surface area contributed by atoms with E-state index >= 15 is 0 Å². The summed E-state index contributed by atoms with van der Waals surface area (Å²) < 4.78 is 7.54. The van der Waals surface area contributed by atoms with Gasteiger partial charge in [-0.05, 0) is 0 Å². The van der Waals surface area contributed by atoms with Gasteiger partial charge in [0.25, 0.3) is 0 Å². The first kappa shape index (κ1) is 23.4. The van der Waals surface area contributed by atoms with Gasteiger partial charge in [-0.1, -0.05) is 0 Å². The minimum Gasteiger partial charge on any atom is -0.147 e. The van der Waals surface area contributed by atoms with Crippen LogP contribution in [0.4, 0.5) is 0 Å². The van der Waals surface area contributed by atoms with Crippen molar-refractivity contribution < 1.29 is 22.9 Å². The maximum absolute atomic E-state index is 6.10. The molecular formula is C21H27Cl2NOTi. The smallest absolute Gasteiger partial charge is 0.147 e. The van der Waals surface area contributed by atoms with Crippen molar-refractivity contribution in [2.75, 3.05) is 20.6 Å². The number of hydrogen-bond acceptors (Lipinski definition) is 2. The number of hydrogen-bond donors (Lipinski definition) is 0. The Bertz CT molecular complexity index is 800. The molecule has 0 heterocycles. The summed E-state index contributed by atoms with van der Waals surface area (Å²) in [6.45, 7) is 5.25. The van der Waals surface area contributed by atoms with Gasteiger partial charge < -0.3 is 0 Å². The number of benzene rings is 2. The van der Waals surface area contributed by atoms with Gasteiger partial charge in [-0.25, -0.2) is 0 Å². The largest absolute Gasteiger partial charge is 0.147 e. The molecule has 0 atom stereocenters. The van der Waals surface area contributed by atoms with E-state index in [1.165, 1.54) is 31.4 Å². The van der Waals surface area contributed by atoms with E-state index in [1.54, 1.807) is 0 Å². The van der Waals surface area contributed by atoms with Gasteiger partial charge in [-0.2, -0.15) is 0 Å². The third-order valence-electron chi connectivity index (χ3n) is 4.11. The van der Waals surface area contributed by atoms with Crippen molar-refractivity contribution in [3.63, 3.8) is 0 Å². The number of likely N-dealkylation sites (N-methyl/N-ethyl adjacent to an activating group) is 1. The van der Waals surface area contributed by atoms with Crippen LogP contribution in [0.25, 0.3) is 16.3 Å². The second kappa shape index (κ2) is 10.7. The number of rotatable bonds is 6. The predicted octanol–water partition coefficient (Wildman–Crippen LogP) is 5.01. The van der Waals surface area contributed by atoms with Crippen LogP contribution in [0.15, 0.2) is 54.1 Å². The Morgan fingerprint density at radius 1 is 1.08 bits per heavy atom. The fourth-order valence-electron chi connectivity index (χ4n) is 3.07. The Morgan fingerprint density at radius 3 is 2.50 bits per heavy atom. The van der Waals surface area contributed by atoms with E-state index < -0.39 is 19.5 Å². The number of allylic oxidation sites excluding steroid dienone is 2. The van der Waals surface area contributed by atoms with E-state index in [-0.39, 0.29) is 30.9 Å². The van der Waals surface area contributed by atoms with Gasteiger partial charge in [-0.3, -0.25) is 0 Å². The van der Waals surface area contributed by atoms with Crippen LogP contribution in [0.5, 0.6) is 0 Å². The molecule has 5 heteroatoms. The molecule has 140 valence electrons. The summed E-state index contributed by atoms with van der Waals surface area (Å²) >= 11 is -0.615. The first-order chi connectivity index (χ1) is 11.5. The molecule has 0 bridgehead atoms. The van der Waals surface area contributed by atoms with E-state index in [1.807, 2.05) is 0 Å². The molecule has 0 radical (unpaired) electrons. The number of fused-ring (bicyclic) bond motifs is 1.